The van der Waals surface area contributed by atoms with E-state index in [2.05, 4.69) is 30.3 Å². The van der Waals surface area contributed by atoms with E-state index >= 15 is 0 Å². The number of nitrogens with zero attached hydrogens (tertiary/aromatic N) is 1. The highest BCUT2D eigenvalue weighted by molar-refractivity contribution is 5.67. The molecular weight excluding hydrogens is 210 g/mol. The average molecular weight is 227 g/mol. The highest BCUT2D eigenvalue weighted by Gasteiger charge is 2.08. The van der Waals surface area contributed by atoms with Crippen molar-refractivity contribution in [2.75, 3.05) is 0 Å². The zero-order valence-corrected chi connectivity index (χ0v) is 9.89. The minimum absolute atomic E-state index is 0.201. The molecule has 2 rings (SSSR count). The minimum Gasteiger partial charge on any atom is -0.392 e. The molecule has 2 heteroatoms. The van der Waals surface area contributed by atoms with Gasteiger partial charge in [-0.15, -0.1) is 0 Å². The smallest absolute Gasteiger partial charge is 0.0710 e. The lowest BCUT2D eigenvalue weighted by atomic mass is 10.0. The van der Waals surface area contributed by atoms with Crippen LogP contribution in [0.3, 0.4) is 0 Å². The van der Waals surface area contributed by atoms with Crippen LogP contribution in [0.1, 0.15) is 36.8 Å². The molecule has 0 saturated carbocycles. The molecule has 0 aliphatic heterocycles. The molecular formula is C15H17NO. The normalized spacial score (nSPS) is 16.4. The van der Waals surface area contributed by atoms with Gasteiger partial charge >= 0.3 is 0 Å². The standard InChI is InChI=1S/C15H17NO/c16-10-9-15(17)11-12-5-7-14(8-6-12)13-3-1-2-4-13/h3,5-8,15,17H,1-2,4,9,11H2/t15-/m0/s1. The Hall–Kier alpha value is -1.59. The molecule has 0 aromatic heterocycles. The summed E-state index contributed by atoms with van der Waals surface area (Å²) in [4.78, 5) is 0. The van der Waals surface area contributed by atoms with Gasteiger partial charge in [-0.05, 0) is 42.4 Å². The van der Waals surface area contributed by atoms with Crippen molar-refractivity contribution in [2.24, 2.45) is 0 Å². The Morgan fingerprint density at radius 2 is 2.06 bits per heavy atom. The summed E-state index contributed by atoms with van der Waals surface area (Å²) in [5, 5.41) is 18.0. The first kappa shape index (κ1) is 11.9. The van der Waals surface area contributed by atoms with Crippen LogP contribution in [0.5, 0.6) is 0 Å². The van der Waals surface area contributed by atoms with Crippen LogP contribution in [-0.2, 0) is 6.42 Å². The van der Waals surface area contributed by atoms with E-state index in [4.69, 9.17) is 5.26 Å². The summed E-state index contributed by atoms with van der Waals surface area (Å²) in [5.41, 5.74) is 3.82. The quantitative estimate of drug-likeness (QED) is 0.859. The summed E-state index contributed by atoms with van der Waals surface area (Å²) in [6, 6.07) is 10.3. The summed E-state index contributed by atoms with van der Waals surface area (Å²) in [6.45, 7) is 0. The monoisotopic (exact) mass is 227 g/mol. The van der Waals surface area contributed by atoms with Gasteiger partial charge in [-0.25, -0.2) is 0 Å². The highest BCUT2D eigenvalue weighted by atomic mass is 16.3. The molecule has 0 unspecified atom stereocenters. The molecule has 1 N–H and O–H groups in total. The number of benzene rings is 1. The molecule has 1 atom stereocenters. The van der Waals surface area contributed by atoms with Gasteiger partial charge in [-0.3, -0.25) is 0 Å². The summed E-state index contributed by atoms with van der Waals surface area (Å²) < 4.78 is 0. The van der Waals surface area contributed by atoms with Crippen LogP contribution in [0.15, 0.2) is 30.3 Å². The Balaban J connectivity index is 2.00. The molecule has 0 radical (unpaired) electrons. The van der Waals surface area contributed by atoms with Crippen LogP contribution < -0.4 is 0 Å². The summed E-state index contributed by atoms with van der Waals surface area (Å²) in [7, 11) is 0. The van der Waals surface area contributed by atoms with Crippen LogP contribution in [0, 0.1) is 11.3 Å². The second kappa shape index (κ2) is 5.65. The summed E-state index contributed by atoms with van der Waals surface area (Å²) in [5.74, 6) is 0. The molecule has 0 fully saturated rings. The second-order valence-electron chi connectivity index (χ2n) is 4.54. The van der Waals surface area contributed by atoms with Crippen molar-refractivity contribution in [1.82, 2.24) is 0 Å². The predicted molar refractivity (Wildman–Crippen MR) is 68.2 cm³/mol. The van der Waals surface area contributed by atoms with Crippen LogP contribution in [0.25, 0.3) is 5.57 Å². The first-order valence-electron chi connectivity index (χ1n) is 6.13. The molecule has 0 spiro atoms. The molecule has 1 aromatic carbocycles. The number of allylic oxidation sites excluding steroid dienone is 2. The SMILES string of the molecule is N#CC[C@H](O)Cc1ccc(C2=CCCC2)cc1. The van der Waals surface area contributed by atoms with E-state index in [-0.39, 0.29) is 6.42 Å². The fourth-order valence-corrected chi connectivity index (χ4v) is 2.24. The van der Waals surface area contributed by atoms with Gasteiger partial charge in [0, 0.05) is 0 Å². The Labute approximate surface area is 102 Å². The number of hydrogen-bond acceptors (Lipinski definition) is 2. The Morgan fingerprint density at radius 1 is 1.29 bits per heavy atom. The van der Waals surface area contributed by atoms with Gasteiger partial charge in [0.15, 0.2) is 0 Å². The van der Waals surface area contributed by atoms with E-state index in [0.29, 0.717) is 6.42 Å². The second-order valence-corrected chi connectivity index (χ2v) is 4.54. The molecule has 0 saturated heterocycles. The molecule has 88 valence electrons. The van der Waals surface area contributed by atoms with Gasteiger partial charge < -0.3 is 5.11 Å². The Morgan fingerprint density at radius 3 is 2.65 bits per heavy atom. The summed E-state index contributed by atoms with van der Waals surface area (Å²) >= 11 is 0. The van der Waals surface area contributed by atoms with E-state index < -0.39 is 6.10 Å². The zero-order valence-electron chi connectivity index (χ0n) is 9.89. The molecule has 0 amide bonds. The molecule has 17 heavy (non-hydrogen) atoms. The van der Waals surface area contributed by atoms with Gasteiger partial charge in [0.05, 0.1) is 18.6 Å². The number of nitriles is 1. The maximum Gasteiger partial charge on any atom is 0.0710 e. The predicted octanol–water partition coefficient (Wildman–Crippen LogP) is 3.07. The van der Waals surface area contributed by atoms with Crippen LogP contribution in [0.2, 0.25) is 0 Å². The molecule has 1 aliphatic carbocycles. The lowest BCUT2D eigenvalue weighted by Crippen LogP contribution is -2.08. The lowest BCUT2D eigenvalue weighted by Gasteiger charge is -2.08. The van der Waals surface area contributed by atoms with Crippen LogP contribution in [0.4, 0.5) is 0 Å². The number of hydrogen-bond donors (Lipinski definition) is 1. The van der Waals surface area contributed by atoms with Gasteiger partial charge in [0.2, 0.25) is 0 Å². The zero-order chi connectivity index (χ0) is 12.1. The maximum absolute atomic E-state index is 9.55. The van der Waals surface area contributed by atoms with Crippen molar-refractivity contribution >= 4 is 5.57 Å². The topological polar surface area (TPSA) is 44.0 Å². The Bertz CT molecular complexity index is 439. The van der Waals surface area contributed by atoms with Crippen molar-refractivity contribution in [3.63, 3.8) is 0 Å². The Kier molecular flexibility index (Phi) is 3.95. The van der Waals surface area contributed by atoms with Crippen molar-refractivity contribution in [3.8, 4) is 6.07 Å². The molecule has 0 bridgehead atoms. The number of aliphatic hydroxyl groups excluding tert-OH is 1. The average Bonchev–Trinajstić information content (AvgIpc) is 2.84. The molecule has 0 heterocycles. The minimum atomic E-state index is -0.545. The van der Waals surface area contributed by atoms with Gasteiger partial charge in [0.25, 0.3) is 0 Å². The molecule has 1 aliphatic rings. The third-order valence-electron chi connectivity index (χ3n) is 3.16. The maximum atomic E-state index is 9.55. The van der Waals surface area contributed by atoms with Gasteiger partial charge in [-0.2, -0.15) is 5.26 Å². The van der Waals surface area contributed by atoms with E-state index in [0.717, 1.165) is 5.56 Å². The molecule has 1 aromatic rings. The summed E-state index contributed by atoms with van der Waals surface area (Å²) in [6.07, 6.45) is 6.16. The van der Waals surface area contributed by atoms with E-state index in [1.54, 1.807) is 0 Å². The van der Waals surface area contributed by atoms with Gasteiger partial charge in [0.1, 0.15) is 0 Å². The third kappa shape index (κ3) is 3.18. The first-order chi connectivity index (χ1) is 8.29. The fraction of sp³-hybridized carbons (Fsp3) is 0.400. The number of aliphatic hydroxyl groups is 1. The van der Waals surface area contributed by atoms with Crippen molar-refractivity contribution < 1.29 is 5.11 Å². The van der Waals surface area contributed by atoms with Crippen LogP contribution >= 0.6 is 0 Å². The van der Waals surface area contributed by atoms with E-state index in [1.807, 2.05) is 6.07 Å². The number of rotatable bonds is 4. The first-order valence-corrected chi connectivity index (χ1v) is 6.13. The van der Waals surface area contributed by atoms with Crippen LogP contribution in [-0.4, -0.2) is 11.2 Å². The van der Waals surface area contributed by atoms with E-state index in [9.17, 15) is 5.11 Å². The van der Waals surface area contributed by atoms with Crippen molar-refractivity contribution in [1.29, 1.82) is 5.26 Å². The largest absolute Gasteiger partial charge is 0.392 e. The lowest BCUT2D eigenvalue weighted by molar-refractivity contribution is 0.180. The molecule has 2 nitrogen and oxygen atoms in total. The van der Waals surface area contributed by atoms with E-state index in [1.165, 1.54) is 30.4 Å². The highest BCUT2D eigenvalue weighted by Crippen LogP contribution is 2.27. The van der Waals surface area contributed by atoms with Gasteiger partial charge in [-0.1, -0.05) is 30.3 Å². The van der Waals surface area contributed by atoms with Crippen molar-refractivity contribution in [3.05, 3.63) is 41.5 Å². The fourth-order valence-electron chi connectivity index (χ4n) is 2.24. The van der Waals surface area contributed by atoms with Crippen molar-refractivity contribution in [2.45, 2.75) is 38.2 Å². The third-order valence-corrected chi connectivity index (χ3v) is 3.16.